The maximum absolute atomic E-state index is 13.5. The number of nitriles is 1. The molecule has 1 N–H and O–H groups in total. The van der Waals surface area contributed by atoms with Gasteiger partial charge >= 0.3 is 0 Å². The minimum absolute atomic E-state index is 0.0644. The molecule has 0 atom stereocenters. The van der Waals surface area contributed by atoms with Gasteiger partial charge in [0.1, 0.15) is 28.6 Å². The summed E-state index contributed by atoms with van der Waals surface area (Å²) >= 11 is 0. The van der Waals surface area contributed by atoms with E-state index < -0.39 is 11.5 Å². The fourth-order valence-electron chi connectivity index (χ4n) is 3.47. The second-order valence-corrected chi connectivity index (χ2v) is 7.63. The van der Waals surface area contributed by atoms with Gasteiger partial charge in [-0.3, -0.25) is 14.0 Å². The lowest BCUT2D eigenvalue weighted by molar-refractivity contribution is -0.112. The number of aromatic nitrogens is 2. The summed E-state index contributed by atoms with van der Waals surface area (Å²) in [5, 5.41) is 12.4. The van der Waals surface area contributed by atoms with Crippen molar-refractivity contribution in [1.82, 2.24) is 9.38 Å². The number of hydrogen-bond donors (Lipinski definition) is 1. The maximum Gasteiger partial charge on any atom is 0.269 e. The first-order chi connectivity index (χ1) is 17.4. The minimum atomic E-state index is -0.695. The molecule has 0 bridgehead atoms. The van der Waals surface area contributed by atoms with E-state index in [2.05, 4.69) is 10.3 Å². The number of aryl methyl sites for hydroxylation is 1. The molecule has 2 aromatic carbocycles. The van der Waals surface area contributed by atoms with Crippen LogP contribution in [0.2, 0.25) is 0 Å². The molecule has 0 fully saturated rings. The van der Waals surface area contributed by atoms with Crippen molar-refractivity contribution in [3.05, 3.63) is 93.9 Å². The molecule has 2 heterocycles. The smallest absolute Gasteiger partial charge is 0.269 e. The highest BCUT2D eigenvalue weighted by Crippen LogP contribution is 2.32. The van der Waals surface area contributed by atoms with E-state index >= 15 is 0 Å². The number of fused-ring (bicyclic) bond motifs is 1. The van der Waals surface area contributed by atoms with Crippen LogP contribution >= 0.6 is 0 Å². The van der Waals surface area contributed by atoms with Crippen LogP contribution < -0.4 is 25.1 Å². The first-order valence-electron chi connectivity index (χ1n) is 10.8. The largest absolute Gasteiger partial charge is 0.497 e. The predicted molar refractivity (Wildman–Crippen MR) is 134 cm³/mol. The first-order valence-corrected chi connectivity index (χ1v) is 10.8. The average Bonchev–Trinajstić information content (AvgIpc) is 2.90. The molecule has 9 heteroatoms. The summed E-state index contributed by atoms with van der Waals surface area (Å²) in [7, 11) is 3.03. The lowest BCUT2D eigenvalue weighted by atomic mass is 10.1. The molecule has 1 amide bonds. The molecule has 0 radical (unpaired) electrons. The predicted octanol–water partition coefficient (Wildman–Crippen LogP) is 4.36. The lowest BCUT2D eigenvalue weighted by Gasteiger charge is -2.13. The Bertz CT molecular complexity index is 1570. The van der Waals surface area contributed by atoms with Crippen LogP contribution in [0.4, 0.5) is 5.69 Å². The molecule has 0 aliphatic heterocycles. The molecule has 4 aromatic rings. The molecule has 0 unspecified atom stereocenters. The summed E-state index contributed by atoms with van der Waals surface area (Å²) in [6.45, 7) is 1.81. The zero-order chi connectivity index (χ0) is 25.7. The van der Waals surface area contributed by atoms with Gasteiger partial charge in [0, 0.05) is 11.9 Å². The Morgan fingerprint density at radius 1 is 1.03 bits per heavy atom. The van der Waals surface area contributed by atoms with Gasteiger partial charge in [0.15, 0.2) is 11.5 Å². The number of carbonyl (C=O) groups is 1. The number of hydrogen-bond acceptors (Lipinski definition) is 7. The minimum Gasteiger partial charge on any atom is -0.497 e. The van der Waals surface area contributed by atoms with Crippen molar-refractivity contribution in [2.45, 2.75) is 6.92 Å². The molecule has 36 heavy (non-hydrogen) atoms. The Hall–Kier alpha value is -5.10. The number of nitrogens with one attached hydrogen (secondary N) is 1. The summed E-state index contributed by atoms with van der Waals surface area (Å²) in [5.41, 5.74) is 0.709. The summed E-state index contributed by atoms with van der Waals surface area (Å²) in [6.07, 6.45) is 2.74. The van der Waals surface area contributed by atoms with E-state index in [1.54, 1.807) is 60.8 Å². The number of ether oxygens (including phenoxy) is 3. The number of carbonyl (C=O) groups excluding carboxylic acids is 1. The van der Waals surface area contributed by atoms with Crippen LogP contribution in [-0.2, 0) is 4.79 Å². The third kappa shape index (κ3) is 4.88. The number of nitrogens with zero attached hydrogens (tertiary/aromatic N) is 3. The number of pyridine rings is 1. The maximum atomic E-state index is 13.5. The normalized spacial score (nSPS) is 11.0. The van der Waals surface area contributed by atoms with Crippen LogP contribution in [0.1, 0.15) is 11.1 Å². The Morgan fingerprint density at radius 3 is 2.42 bits per heavy atom. The monoisotopic (exact) mass is 482 g/mol. The molecule has 4 rings (SSSR count). The Kier molecular flexibility index (Phi) is 6.97. The summed E-state index contributed by atoms with van der Waals surface area (Å²) in [5.74, 6) is 0.605. The van der Waals surface area contributed by atoms with Gasteiger partial charge in [-0.25, -0.2) is 0 Å². The van der Waals surface area contributed by atoms with Crippen molar-refractivity contribution in [2.24, 2.45) is 0 Å². The van der Waals surface area contributed by atoms with E-state index in [4.69, 9.17) is 14.2 Å². The van der Waals surface area contributed by atoms with Crippen molar-refractivity contribution in [3.63, 3.8) is 0 Å². The van der Waals surface area contributed by atoms with Crippen molar-refractivity contribution in [1.29, 1.82) is 5.26 Å². The molecule has 0 aliphatic carbocycles. The van der Waals surface area contributed by atoms with Crippen LogP contribution in [0.5, 0.6) is 23.1 Å². The van der Waals surface area contributed by atoms with Crippen LogP contribution in [0, 0.1) is 18.3 Å². The van der Waals surface area contributed by atoms with Gasteiger partial charge in [0.25, 0.3) is 11.5 Å². The number of para-hydroxylation sites is 2. The number of benzene rings is 2. The average molecular weight is 482 g/mol. The third-order valence-corrected chi connectivity index (χ3v) is 5.33. The van der Waals surface area contributed by atoms with E-state index in [1.165, 1.54) is 24.7 Å². The van der Waals surface area contributed by atoms with E-state index in [0.29, 0.717) is 28.6 Å². The van der Waals surface area contributed by atoms with Crippen molar-refractivity contribution < 1.29 is 19.0 Å². The van der Waals surface area contributed by atoms with E-state index in [1.807, 2.05) is 19.1 Å². The van der Waals surface area contributed by atoms with Crippen LogP contribution in [0.15, 0.2) is 77.2 Å². The lowest BCUT2D eigenvalue weighted by Crippen LogP contribution is -2.20. The van der Waals surface area contributed by atoms with Gasteiger partial charge in [0.2, 0.25) is 5.88 Å². The SMILES string of the molecule is COc1ccc(NC(=O)/C(C#N)=C/c2c(Oc3ccccc3OC)nc3c(C)cccn3c2=O)cc1. The zero-order valence-corrected chi connectivity index (χ0v) is 19.8. The Morgan fingerprint density at radius 2 is 1.75 bits per heavy atom. The van der Waals surface area contributed by atoms with Crippen molar-refractivity contribution in [2.75, 3.05) is 19.5 Å². The Labute approximate surface area is 206 Å². The zero-order valence-electron chi connectivity index (χ0n) is 19.8. The standard InChI is InChI=1S/C27H22N4O5/c1-17-7-6-14-31-24(17)30-26(36-23-9-5-4-8-22(23)35-3)21(27(31)33)15-18(16-28)25(32)29-19-10-12-20(34-2)13-11-19/h4-15H,1-3H3,(H,29,32)/b18-15+. The van der Waals surface area contributed by atoms with Crippen LogP contribution in [0.3, 0.4) is 0 Å². The van der Waals surface area contributed by atoms with Crippen molar-refractivity contribution >= 4 is 23.3 Å². The Balaban J connectivity index is 1.82. The fraction of sp³-hybridized carbons (Fsp3) is 0.111. The molecule has 180 valence electrons. The van der Waals surface area contributed by atoms with Crippen LogP contribution in [0.25, 0.3) is 11.7 Å². The highest BCUT2D eigenvalue weighted by molar-refractivity contribution is 6.09. The number of methoxy groups -OCH3 is 2. The molecule has 0 saturated carbocycles. The topological polar surface area (TPSA) is 115 Å². The van der Waals surface area contributed by atoms with Gasteiger partial charge in [-0.05, 0) is 61.0 Å². The van der Waals surface area contributed by atoms with Gasteiger partial charge in [0.05, 0.1) is 14.2 Å². The molecule has 2 aromatic heterocycles. The third-order valence-electron chi connectivity index (χ3n) is 5.33. The fourth-order valence-corrected chi connectivity index (χ4v) is 3.47. The van der Waals surface area contributed by atoms with E-state index in [0.717, 1.165) is 5.56 Å². The summed E-state index contributed by atoms with van der Waals surface area (Å²) in [4.78, 5) is 30.9. The second kappa shape index (κ2) is 10.4. The highest BCUT2D eigenvalue weighted by Gasteiger charge is 2.19. The summed E-state index contributed by atoms with van der Waals surface area (Å²) < 4.78 is 17.8. The van der Waals surface area contributed by atoms with Gasteiger partial charge in [-0.2, -0.15) is 10.2 Å². The number of amides is 1. The second-order valence-electron chi connectivity index (χ2n) is 7.63. The van der Waals surface area contributed by atoms with Crippen molar-refractivity contribution in [3.8, 4) is 29.2 Å². The first kappa shape index (κ1) is 24.0. The summed E-state index contributed by atoms with van der Waals surface area (Å²) in [6, 6.07) is 18.9. The highest BCUT2D eigenvalue weighted by atomic mass is 16.5. The van der Waals surface area contributed by atoms with Gasteiger partial charge in [-0.1, -0.05) is 18.2 Å². The molecule has 0 saturated heterocycles. The molecule has 0 spiro atoms. The number of anilines is 1. The van der Waals surface area contributed by atoms with Gasteiger partial charge < -0.3 is 19.5 Å². The van der Waals surface area contributed by atoms with E-state index in [9.17, 15) is 14.9 Å². The quantitative estimate of drug-likeness (QED) is 0.307. The van der Waals surface area contributed by atoms with Crippen LogP contribution in [-0.4, -0.2) is 29.5 Å². The van der Waals surface area contributed by atoms with E-state index in [-0.39, 0.29) is 17.0 Å². The molecule has 0 aliphatic rings. The number of rotatable bonds is 7. The molecular weight excluding hydrogens is 460 g/mol. The van der Waals surface area contributed by atoms with Gasteiger partial charge in [-0.15, -0.1) is 0 Å². The molecular formula is C27H22N4O5. The molecule has 9 nitrogen and oxygen atoms in total.